The molecule has 0 aliphatic carbocycles. The minimum atomic E-state index is -0.386. The Balaban J connectivity index is 1.85. The summed E-state index contributed by atoms with van der Waals surface area (Å²) in [7, 11) is 0. The number of carbonyl (C=O) groups is 1. The minimum Gasteiger partial charge on any atom is -0.321 e. The highest BCUT2D eigenvalue weighted by Gasteiger charge is 2.27. The van der Waals surface area contributed by atoms with Crippen molar-refractivity contribution in [1.82, 2.24) is 34.3 Å². The lowest BCUT2D eigenvalue weighted by atomic mass is 10.00. The molecule has 0 saturated carbocycles. The summed E-state index contributed by atoms with van der Waals surface area (Å²) in [6, 6.07) is 6.29. The van der Waals surface area contributed by atoms with Gasteiger partial charge in [-0.25, -0.2) is 14.5 Å². The summed E-state index contributed by atoms with van der Waals surface area (Å²) in [6.45, 7) is 1.87. The van der Waals surface area contributed by atoms with Crippen LogP contribution in [0.2, 0.25) is 0 Å². The van der Waals surface area contributed by atoms with Gasteiger partial charge < -0.3 is 10.3 Å². The zero-order valence-electron chi connectivity index (χ0n) is 18.4. The van der Waals surface area contributed by atoms with E-state index < -0.39 is 0 Å². The molecule has 1 amide bonds. The molecule has 0 fully saturated rings. The van der Waals surface area contributed by atoms with Gasteiger partial charge in [-0.2, -0.15) is 9.78 Å². The predicted octanol–water partition coefficient (Wildman–Crippen LogP) is 1.86. The topological polar surface area (TPSA) is 140 Å². The molecular formula is C23H22N8O3. The van der Waals surface area contributed by atoms with Gasteiger partial charge in [0.1, 0.15) is 17.7 Å². The lowest BCUT2D eigenvalue weighted by Gasteiger charge is -2.16. The number of H-pyrrole nitrogens is 1. The summed E-state index contributed by atoms with van der Waals surface area (Å²) in [4.78, 5) is 53.3. The molecule has 11 nitrogen and oxygen atoms in total. The van der Waals surface area contributed by atoms with E-state index in [4.69, 9.17) is 5.10 Å². The van der Waals surface area contributed by atoms with Crippen molar-refractivity contribution >= 4 is 11.6 Å². The van der Waals surface area contributed by atoms with Crippen molar-refractivity contribution < 1.29 is 4.79 Å². The van der Waals surface area contributed by atoms with E-state index in [1.54, 1.807) is 12.3 Å². The molecule has 34 heavy (non-hydrogen) atoms. The van der Waals surface area contributed by atoms with Crippen molar-refractivity contribution in [1.29, 1.82) is 0 Å². The Labute approximate surface area is 193 Å². The van der Waals surface area contributed by atoms with Crippen LogP contribution in [0.5, 0.6) is 0 Å². The number of aromatic amines is 1. The number of hydrogen-bond donors (Lipinski definition) is 2. The molecule has 5 rings (SSSR count). The maximum atomic E-state index is 13.2. The number of pyridine rings is 1. The number of carbonyl (C=O) groups excluding carboxylic acids is 1. The molecule has 0 saturated heterocycles. The van der Waals surface area contributed by atoms with Gasteiger partial charge in [-0.1, -0.05) is 13.3 Å². The van der Waals surface area contributed by atoms with Crippen LogP contribution in [0.25, 0.3) is 22.9 Å². The Hall–Kier alpha value is -4.41. The Bertz CT molecular complexity index is 1490. The summed E-state index contributed by atoms with van der Waals surface area (Å²) in [5, 5.41) is 7.70. The third-order valence-electron chi connectivity index (χ3n) is 5.80. The second-order valence-electron chi connectivity index (χ2n) is 8.19. The maximum Gasteiger partial charge on any atom is 0.259 e. The van der Waals surface area contributed by atoms with Crippen molar-refractivity contribution in [3.8, 4) is 22.9 Å². The summed E-state index contributed by atoms with van der Waals surface area (Å²) >= 11 is 0. The zero-order chi connectivity index (χ0) is 23.7. The van der Waals surface area contributed by atoms with Gasteiger partial charge >= 0.3 is 0 Å². The number of fused-ring (bicyclic) bond motifs is 4. The average molecular weight is 458 g/mol. The molecule has 1 atom stereocenters. The molecule has 4 aromatic rings. The standard InChI is InChI=1S/C23H22N8O3/c1-14-4-2-3-5-16-10-15(6-9-25-16)20-21(28-22(14)34)23(30-13-24-8-7-19(30)33)31(29-20)17-11-18(32)27-12-26-17/h6-14H,2-5H2,1H3,(H,28,34)(H,26,27,32). The molecule has 1 aliphatic rings. The Morgan fingerprint density at radius 3 is 2.76 bits per heavy atom. The van der Waals surface area contributed by atoms with Gasteiger partial charge in [0, 0.05) is 41.7 Å². The van der Waals surface area contributed by atoms with E-state index in [0.717, 1.165) is 30.5 Å². The molecule has 11 heteroatoms. The van der Waals surface area contributed by atoms with Crippen LogP contribution in [0.1, 0.15) is 31.9 Å². The second kappa shape index (κ2) is 8.85. The fraction of sp³-hybridized carbons (Fsp3) is 0.261. The Morgan fingerprint density at radius 2 is 1.94 bits per heavy atom. The highest BCUT2D eigenvalue weighted by Crippen LogP contribution is 2.35. The van der Waals surface area contributed by atoms with Crippen LogP contribution in [0.4, 0.5) is 5.69 Å². The molecule has 172 valence electrons. The van der Waals surface area contributed by atoms with Crippen molar-refractivity contribution in [2.75, 3.05) is 5.32 Å². The first-order valence-electron chi connectivity index (χ1n) is 11.0. The van der Waals surface area contributed by atoms with E-state index in [2.05, 4.69) is 25.3 Å². The lowest BCUT2D eigenvalue weighted by Crippen LogP contribution is -2.25. The molecule has 5 heterocycles. The van der Waals surface area contributed by atoms with Gasteiger partial charge in [-0.15, -0.1) is 0 Å². The maximum absolute atomic E-state index is 13.2. The number of nitrogens with one attached hydrogen (secondary N) is 2. The summed E-state index contributed by atoms with van der Waals surface area (Å²) < 4.78 is 2.64. The van der Waals surface area contributed by atoms with Crippen LogP contribution < -0.4 is 16.4 Å². The van der Waals surface area contributed by atoms with Crippen molar-refractivity contribution in [3.63, 3.8) is 0 Å². The number of nitrogens with zero attached hydrogens (tertiary/aromatic N) is 6. The molecular weight excluding hydrogens is 436 g/mol. The second-order valence-corrected chi connectivity index (χ2v) is 8.19. The normalized spacial score (nSPS) is 16.1. The molecule has 2 bridgehead atoms. The van der Waals surface area contributed by atoms with Crippen LogP contribution in [-0.4, -0.2) is 40.2 Å². The molecule has 0 radical (unpaired) electrons. The van der Waals surface area contributed by atoms with Crippen molar-refractivity contribution in [3.05, 3.63) is 75.7 Å². The van der Waals surface area contributed by atoms with Gasteiger partial charge in [0.25, 0.3) is 11.1 Å². The van der Waals surface area contributed by atoms with E-state index >= 15 is 0 Å². The fourth-order valence-electron chi connectivity index (χ4n) is 3.99. The Kier molecular flexibility index (Phi) is 5.58. The van der Waals surface area contributed by atoms with Crippen molar-refractivity contribution in [2.45, 2.75) is 32.6 Å². The van der Waals surface area contributed by atoms with Gasteiger partial charge in [0.15, 0.2) is 11.6 Å². The van der Waals surface area contributed by atoms with Crippen molar-refractivity contribution in [2.24, 2.45) is 5.92 Å². The SMILES string of the molecule is CC1CCCCc2cc(ccn2)-c2nn(-c3cc(=O)[nH]cn3)c(-n3cnccc3=O)c2NC1=O. The highest BCUT2D eigenvalue weighted by molar-refractivity contribution is 5.98. The third-order valence-corrected chi connectivity index (χ3v) is 5.80. The summed E-state index contributed by atoms with van der Waals surface area (Å²) in [5.41, 5.74) is 1.61. The van der Waals surface area contributed by atoms with Gasteiger partial charge in [-0.05, 0) is 31.4 Å². The monoisotopic (exact) mass is 458 g/mol. The highest BCUT2D eigenvalue weighted by atomic mass is 16.2. The summed E-state index contributed by atoms with van der Waals surface area (Å²) in [5.74, 6) is -0.0316. The molecule has 4 aromatic heterocycles. The van der Waals surface area contributed by atoms with Gasteiger partial charge in [-0.3, -0.25) is 19.4 Å². The first kappa shape index (κ1) is 21.4. The summed E-state index contributed by atoms with van der Waals surface area (Å²) in [6.07, 6.45) is 8.98. The molecule has 0 aromatic carbocycles. The number of anilines is 1. The zero-order valence-corrected chi connectivity index (χ0v) is 18.4. The molecule has 0 spiro atoms. The van der Waals surface area contributed by atoms with Gasteiger partial charge in [0.05, 0.1) is 6.33 Å². The number of hydrogen-bond acceptors (Lipinski definition) is 7. The van der Waals surface area contributed by atoms with Crippen LogP contribution in [0, 0.1) is 5.92 Å². The minimum absolute atomic E-state index is 0.183. The molecule has 1 unspecified atom stereocenters. The average Bonchev–Trinajstić information content (AvgIpc) is 3.20. The first-order valence-corrected chi connectivity index (χ1v) is 11.0. The van der Waals surface area contributed by atoms with Crippen LogP contribution in [0.15, 0.2) is 58.9 Å². The van der Waals surface area contributed by atoms with E-state index in [9.17, 15) is 14.4 Å². The first-order chi connectivity index (χ1) is 16.5. The largest absolute Gasteiger partial charge is 0.321 e. The van der Waals surface area contributed by atoms with E-state index in [1.807, 2.05) is 13.0 Å². The number of rotatable bonds is 2. The number of amides is 1. The Morgan fingerprint density at radius 1 is 1.06 bits per heavy atom. The quantitative estimate of drug-likeness (QED) is 0.467. The smallest absolute Gasteiger partial charge is 0.259 e. The van der Waals surface area contributed by atoms with E-state index in [-0.39, 0.29) is 34.6 Å². The van der Waals surface area contributed by atoms with Crippen LogP contribution in [-0.2, 0) is 11.2 Å². The molecule has 2 N–H and O–H groups in total. The molecule has 1 aliphatic heterocycles. The predicted molar refractivity (Wildman–Crippen MR) is 124 cm³/mol. The number of aryl methyl sites for hydroxylation is 1. The fourth-order valence-corrected chi connectivity index (χ4v) is 3.99. The van der Waals surface area contributed by atoms with Gasteiger partial charge in [0.2, 0.25) is 5.91 Å². The van der Waals surface area contributed by atoms with Crippen LogP contribution in [0.3, 0.4) is 0 Å². The third kappa shape index (κ3) is 4.03. The lowest BCUT2D eigenvalue weighted by molar-refractivity contribution is -0.119. The van der Waals surface area contributed by atoms with E-state index in [1.165, 1.54) is 40.2 Å². The van der Waals surface area contributed by atoms with Crippen LogP contribution >= 0.6 is 0 Å². The number of aromatic nitrogens is 7. The van der Waals surface area contributed by atoms with E-state index in [0.29, 0.717) is 17.8 Å².